The Labute approximate surface area is 152 Å². The molecule has 1 atom stereocenters. The van der Waals surface area contributed by atoms with Crippen LogP contribution in [0, 0.1) is 5.82 Å². The van der Waals surface area contributed by atoms with E-state index in [1.165, 1.54) is 12.1 Å². The van der Waals surface area contributed by atoms with Crippen molar-refractivity contribution < 1.29 is 13.6 Å². The van der Waals surface area contributed by atoms with Crippen LogP contribution in [0.15, 0.2) is 59.0 Å². The third-order valence-electron chi connectivity index (χ3n) is 4.56. The lowest BCUT2D eigenvalue weighted by Gasteiger charge is -2.22. The number of nitrogens with zero attached hydrogens (tertiary/aromatic N) is 1. The number of likely N-dealkylation sites (N-methyl/N-ethyl adjacent to an activating group) is 1. The molecule has 0 aliphatic carbocycles. The molecule has 0 spiro atoms. The number of benzene rings is 2. The van der Waals surface area contributed by atoms with Crippen LogP contribution in [-0.2, 0) is 11.2 Å². The fourth-order valence-corrected chi connectivity index (χ4v) is 2.84. The topological polar surface area (TPSA) is 45.5 Å². The maximum absolute atomic E-state index is 12.9. The molecule has 26 heavy (non-hydrogen) atoms. The Morgan fingerprint density at radius 1 is 1.19 bits per heavy atom. The van der Waals surface area contributed by atoms with Crippen LogP contribution in [0.5, 0.6) is 0 Å². The molecule has 1 amide bonds. The minimum Gasteiger partial charge on any atom is -0.459 e. The van der Waals surface area contributed by atoms with E-state index in [4.69, 9.17) is 4.42 Å². The minimum atomic E-state index is -0.251. The highest BCUT2D eigenvalue weighted by atomic mass is 19.1. The molecule has 4 nitrogen and oxygen atoms in total. The number of hydrogen-bond acceptors (Lipinski definition) is 3. The zero-order chi connectivity index (χ0) is 18.5. The van der Waals surface area contributed by atoms with Crippen LogP contribution in [0.1, 0.15) is 24.3 Å². The van der Waals surface area contributed by atoms with E-state index in [-0.39, 0.29) is 24.3 Å². The summed E-state index contributed by atoms with van der Waals surface area (Å²) >= 11 is 0. The van der Waals surface area contributed by atoms with Crippen molar-refractivity contribution in [2.75, 3.05) is 20.1 Å². The number of furan rings is 1. The van der Waals surface area contributed by atoms with Gasteiger partial charge in [-0.05, 0) is 50.2 Å². The second-order valence-electron chi connectivity index (χ2n) is 6.50. The third-order valence-corrected chi connectivity index (χ3v) is 4.56. The van der Waals surface area contributed by atoms with Crippen LogP contribution in [0.4, 0.5) is 4.39 Å². The first-order valence-electron chi connectivity index (χ1n) is 8.73. The van der Waals surface area contributed by atoms with Gasteiger partial charge in [0.1, 0.15) is 17.2 Å². The molecule has 0 saturated heterocycles. The number of nitrogens with one attached hydrogen (secondary N) is 1. The van der Waals surface area contributed by atoms with Crippen molar-refractivity contribution in [3.8, 4) is 0 Å². The Morgan fingerprint density at radius 3 is 2.65 bits per heavy atom. The van der Waals surface area contributed by atoms with Gasteiger partial charge in [-0.1, -0.05) is 30.3 Å². The quantitative estimate of drug-likeness (QED) is 0.699. The van der Waals surface area contributed by atoms with Crippen LogP contribution >= 0.6 is 0 Å². The number of rotatable bonds is 7. The van der Waals surface area contributed by atoms with Gasteiger partial charge in [-0.2, -0.15) is 0 Å². The summed E-state index contributed by atoms with van der Waals surface area (Å²) in [6, 6.07) is 16.2. The molecule has 136 valence electrons. The molecule has 3 aromatic rings. The Hall–Kier alpha value is -2.66. The van der Waals surface area contributed by atoms with Gasteiger partial charge in [-0.15, -0.1) is 0 Å². The Bertz CT molecular complexity index is 840. The van der Waals surface area contributed by atoms with Crippen LogP contribution in [0.2, 0.25) is 0 Å². The monoisotopic (exact) mass is 354 g/mol. The highest BCUT2D eigenvalue weighted by Gasteiger charge is 2.18. The first-order chi connectivity index (χ1) is 12.5. The van der Waals surface area contributed by atoms with Crippen molar-refractivity contribution in [1.82, 2.24) is 10.2 Å². The summed E-state index contributed by atoms with van der Waals surface area (Å²) < 4.78 is 18.8. The lowest BCUT2D eigenvalue weighted by Crippen LogP contribution is -2.37. The van der Waals surface area contributed by atoms with E-state index in [0.717, 1.165) is 22.3 Å². The molecule has 0 aliphatic rings. The molecule has 3 rings (SSSR count). The molecule has 0 bridgehead atoms. The Morgan fingerprint density at radius 2 is 1.92 bits per heavy atom. The maximum Gasteiger partial charge on any atom is 0.234 e. The van der Waals surface area contributed by atoms with Crippen molar-refractivity contribution >= 4 is 16.9 Å². The number of amides is 1. The van der Waals surface area contributed by atoms with E-state index in [1.807, 2.05) is 49.2 Å². The summed E-state index contributed by atoms with van der Waals surface area (Å²) in [7, 11) is 1.90. The summed E-state index contributed by atoms with van der Waals surface area (Å²) in [5.74, 6) is 0.546. The molecule has 0 aliphatic heterocycles. The average Bonchev–Trinajstić information content (AvgIpc) is 3.06. The molecule has 1 aromatic heterocycles. The van der Waals surface area contributed by atoms with E-state index in [1.54, 1.807) is 12.1 Å². The number of carbonyl (C=O) groups is 1. The van der Waals surface area contributed by atoms with Gasteiger partial charge < -0.3 is 9.73 Å². The highest BCUT2D eigenvalue weighted by Crippen LogP contribution is 2.26. The number of para-hydroxylation sites is 1. The minimum absolute atomic E-state index is 0.00903. The van der Waals surface area contributed by atoms with Gasteiger partial charge in [0, 0.05) is 11.9 Å². The summed E-state index contributed by atoms with van der Waals surface area (Å²) in [5.41, 5.74) is 1.85. The molecule has 5 heteroatoms. The lowest BCUT2D eigenvalue weighted by atomic mass is 10.1. The average molecular weight is 354 g/mol. The van der Waals surface area contributed by atoms with Crippen molar-refractivity contribution in [2.24, 2.45) is 0 Å². The predicted molar refractivity (Wildman–Crippen MR) is 100 cm³/mol. The van der Waals surface area contributed by atoms with Gasteiger partial charge >= 0.3 is 0 Å². The summed E-state index contributed by atoms with van der Waals surface area (Å²) in [6.07, 6.45) is 0.675. The summed E-state index contributed by atoms with van der Waals surface area (Å²) in [5, 5.41) is 3.97. The molecular formula is C21H23FN2O2. The van der Waals surface area contributed by atoms with Crippen molar-refractivity contribution in [1.29, 1.82) is 0 Å². The Kier molecular flexibility index (Phi) is 5.68. The van der Waals surface area contributed by atoms with Crippen molar-refractivity contribution in [3.63, 3.8) is 0 Å². The molecule has 0 saturated carbocycles. The van der Waals surface area contributed by atoms with Gasteiger partial charge in [0.2, 0.25) is 5.91 Å². The van der Waals surface area contributed by atoms with Gasteiger partial charge in [0.05, 0.1) is 12.6 Å². The lowest BCUT2D eigenvalue weighted by molar-refractivity contribution is -0.122. The van der Waals surface area contributed by atoms with Gasteiger partial charge in [-0.3, -0.25) is 9.69 Å². The normalized spacial score (nSPS) is 12.5. The zero-order valence-corrected chi connectivity index (χ0v) is 15.0. The van der Waals surface area contributed by atoms with Crippen LogP contribution < -0.4 is 5.32 Å². The largest absolute Gasteiger partial charge is 0.459 e. The first-order valence-corrected chi connectivity index (χ1v) is 8.73. The SMILES string of the molecule is CC(c1cc2ccccc2o1)N(C)CC(=O)NCCc1ccc(F)cc1. The fourth-order valence-electron chi connectivity index (χ4n) is 2.84. The number of carbonyl (C=O) groups excluding carboxylic acids is 1. The van der Waals surface area contributed by atoms with Gasteiger partial charge in [-0.25, -0.2) is 4.39 Å². The number of fused-ring (bicyclic) bond motifs is 1. The van der Waals surface area contributed by atoms with E-state index >= 15 is 0 Å². The third kappa shape index (κ3) is 4.49. The second kappa shape index (κ2) is 8.15. The van der Waals surface area contributed by atoms with Gasteiger partial charge in [0.25, 0.3) is 0 Å². The smallest absolute Gasteiger partial charge is 0.234 e. The number of hydrogen-bond donors (Lipinski definition) is 1. The van der Waals surface area contributed by atoms with Crippen molar-refractivity contribution in [3.05, 3.63) is 71.7 Å². The molecule has 1 N–H and O–H groups in total. The van der Waals surface area contributed by atoms with Crippen LogP contribution in [-0.4, -0.2) is 30.9 Å². The number of halogens is 1. The molecular weight excluding hydrogens is 331 g/mol. The molecule has 0 fully saturated rings. The summed E-state index contributed by atoms with van der Waals surface area (Å²) in [4.78, 5) is 14.1. The van der Waals surface area contributed by atoms with Crippen molar-refractivity contribution in [2.45, 2.75) is 19.4 Å². The van der Waals surface area contributed by atoms with E-state index < -0.39 is 0 Å². The van der Waals surface area contributed by atoms with E-state index in [2.05, 4.69) is 5.32 Å². The molecule has 2 aromatic carbocycles. The summed E-state index contributed by atoms with van der Waals surface area (Å²) in [6.45, 7) is 2.82. The highest BCUT2D eigenvalue weighted by molar-refractivity contribution is 5.79. The molecule has 1 heterocycles. The van der Waals surface area contributed by atoms with E-state index in [9.17, 15) is 9.18 Å². The Balaban J connectivity index is 1.49. The predicted octanol–water partition coefficient (Wildman–Crippen LogP) is 3.92. The molecule has 0 radical (unpaired) electrons. The standard InChI is InChI=1S/C21H23FN2O2/c1-15(20-13-17-5-3-4-6-19(17)26-20)24(2)14-21(25)23-12-11-16-7-9-18(22)10-8-16/h3-10,13,15H,11-12,14H2,1-2H3,(H,23,25). The zero-order valence-electron chi connectivity index (χ0n) is 15.0. The van der Waals surface area contributed by atoms with Crippen LogP contribution in [0.25, 0.3) is 11.0 Å². The first kappa shape index (κ1) is 18.1. The van der Waals surface area contributed by atoms with E-state index in [0.29, 0.717) is 13.0 Å². The van der Waals surface area contributed by atoms with Crippen LogP contribution in [0.3, 0.4) is 0 Å². The fraction of sp³-hybridized carbons (Fsp3) is 0.286. The second-order valence-corrected chi connectivity index (χ2v) is 6.50. The molecule has 1 unspecified atom stereocenters. The maximum atomic E-state index is 12.9. The van der Waals surface area contributed by atoms with Gasteiger partial charge in [0.15, 0.2) is 0 Å².